The van der Waals surface area contributed by atoms with E-state index in [2.05, 4.69) is 18.4 Å². The monoisotopic (exact) mass is 528 g/mol. The number of benzene rings is 3. The van der Waals surface area contributed by atoms with E-state index >= 15 is 0 Å². The van der Waals surface area contributed by atoms with Crippen molar-refractivity contribution in [3.63, 3.8) is 0 Å². The van der Waals surface area contributed by atoms with Crippen LogP contribution >= 0.6 is 35.0 Å². The number of nitrogens with zero attached hydrogens (tertiary/aromatic N) is 2. The Morgan fingerprint density at radius 2 is 1.69 bits per heavy atom. The average Bonchev–Trinajstić information content (AvgIpc) is 3.42. The Kier molecular flexibility index (Phi) is 6.47. The molecule has 0 aliphatic carbocycles. The molecule has 0 fully saturated rings. The molecule has 0 amide bonds. The molecule has 0 saturated heterocycles. The van der Waals surface area contributed by atoms with E-state index in [0.29, 0.717) is 15.8 Å². The topological polar surface area (TPSA) is 36.3 Å². The summed E-state index contributed by atoms with van der Waals surface area (Å²) in [4.78, 5) is 4.76. The number of hydrogen-bond acceptors (Lipinski definition) is 4. The predicted octanol–water partition coefficient (Wildman–Crippen LogP) is 8.05. The summed E-state index contributed by atoms with van der Waals surface area (Å²) in [5.74, 6) is 1.70. The SMILES string of the molecule is CC1Oc2ccc(C(C)(C)c3cnc(SCc4c(Cl)cccc4Cl)n3-c3ccc(F)cc3)cc2O1. The third kappa shape index (κ3) is 4.63. The van der Waals surface area contributed by atoms with Crippen LogP contribution in [0.2, 0.25) is 10.0 Å². The lowest BCUT2D eigenvalue weighted by Crippen LogP contribution is -2.23. The Hall–Kier alpha value is -2.67. The van der Waals surface area contributed by atoms with Crippen molar-refractivity contribution in [2.75, 3.05) is 0 Å². The second-order valence-electron chi connectivity index (χ2n) is 8.82. The molecular weight excluding hydrogens is 506 g/mol. The van der Waals surface area contributed by atoms with Gasteiger partial charge < -0.3 is 9.47 Å². The van der Waals surface area contributed by atoms with Gasteiger partial charge in [-0.15, -0.1) is 0 Å². The van der Waals surface area contributed by atoms with Crippen molar-refractivity contribution >= 4 is 35.0 Å². The summed E-state index contributed by atoms with van der Waals surface area (Å²) in [6, 6.07) is 17.9. The van der Waals surface area contributed by atoms with Crippen LogP contribution in [0, 0.1) is 5.82 Å². The standard InChI is InChI=1S/C27H23Cl2FN2O2S/c1-16-33-23-12-7-17(13-24(23)34-16)27(2,3)25-14-31-26(32(25)19-10-8-18(30)9-11-19)35-15-20-21(28)5-4-6-22(20)29/h4-14,16H,15H2,1-3H3. The van der Waals surface area contributed by atoms with Crippen LogP contribution in [0.4, 0.5) is 4.39 Å². The van der Waals surface area contributed by atoms with Gasteiger partial charge in [0.25, 0.3) is 0 Å². The van der Waals surface area contributed by atoms with Crippen molar-refractivity contribution in [2.24, 2.45) is 0 Å². The Labute approximate surface area is 218 Å². The maximum absolute atomic E-state index is 13.8. The molecule has 1 atom stereocenters. The lowest BCUT2D eigenvalue weighted by Gasteiger charge is -2.27. The van der Waals surface area contributed by atoms with Crippen LogP contribution in [-0.2, 0) is 11.2 Å². The van der Waals surface area contributed by atoms with Crippen LogP contribution in [0.25, 0.3) is 5.69 Å². The predicted molar refractivity (Wildman–Crippen MR) is 139 cm³/mol. The van der Waals surface area contributed by atoms with E-state index < -0.39 is 5.41 Å². The molecule has 3 aromatic carbocycles. The molecule has 8 heteroatoms. The van der Waals surface area contributed by atoms with E-state index in [1.165, 1.54) is 23.9 Å². The summed E-state index contributed by atoms with van der Waals surface area (Å²) >= 11 is 14.3. The first-order valence-corrected chi connectivity index (χ1v) is 12.9. The molecule has 0 N–H and O–H groups in total. The van der Waals surface area contributed by atoms with Crippen molar-refractivity contribution in [3.05, 3.63) is 99.5 Å². The van der Waals surface area contributed by atoms with Crippen LogP contribution in [0.3, 0.4) is 0 Å². The van der Waals surface area contributed by atoms with E-state index in [9.17, 15) is 4.39 Å². The van der Waals surface area contributed by atoms with Gasteiger partial charge in [-0.2, -0.15) is 0 Å². The maximum atomic E-state index is 13.8. The fourth-order valence-corrected chi connectivity index (χ4v) is 5.87. The Balaban J connectivity index is 1.56. The minimum absolute atomic E-state index is 0.295. The highest BCUT2D eigenvalue weighted by molar-refractivity contribution is 7.98. The number of rotatable bonds is 6. The van der Waals surface area contributed by atoms with Crippen molar-refractivity contribution in [2.45, 2.75) is 43.4 Å². The van der Waals surface area contributed by atoms with Crippen LogP contribution in [0.5, 0.6) is 11.5 Å². The van der Waals surface area contributed by atoms with Crippen LogP contribution < -0.4 is 9.47 Å². The Morgan fingerprint density at radius 1 is 1.00 bits per heavy atom. The third-order valence-corrected chi connectivity index (χ3v) is 7.80. The summed E-state index contributed by atoms with van der Waals surface area (Å²) in [5.41, 5.74) is 3.20. The lowest BCUT2D eigenvalue weighted by atomic mass is 9.81. The van der Waals surface area contributed by atoms with Crippen molar-refractivity contribution in [1.82, 2.24) is 9.55 Å². The minimum Gasteiger partial charge on any atom is -0.451 e. The molecule has 180 valence electrons. The summed E-state index contributed by atoms with van der Waals surface area (Å²) in [5, 5.41) is 1.98. The molecule has 4 nitrogen and oxygen atoms in total. The highest BCUT2D eigenvalue weighted by atomic mass is 35.5. The molecule has 1 aromatic heterocycles. The number of hydrogen-bond donors (Lipinski definition) is 0. The summed E-state index contributed by atoms with van der Waals surface area (Å²) < 4.78 is 27.3. The van der Waals surface area contributed by atoms with Crippen LogP contribution in [0.15, 0.2) is 72.0 Å². The first-order valence-electron chi connectivity index (χ1n) is 11.1. The quantitative estimate of drug-likeness (QED) is 0.237. The van der Waals surface area contributed by atoms with Gasteiger partial charge in [0.2, 0.25) is 6.29 Å². The van der Waals surface area contributed by atoms with E-state index in [-0.39, 0.29) is 12.1 Å². The molecule has 35 heavy (non-hydrogen) atoms. The number of halogens is 3. The molecule has 1 aliphatic rings. The fraction of sp³-hybridized carbons (Fsp3) is 0.222. The van der Waals surface area contributed by atoms with Gasteiger partial charge in [-0.3, -0.25) is 4.57 Å². The molecule has 1 aliphatic heterocycles. The van der Waals surface area contributed by atoms with Gasteiger partial charge in [0.15, 0.2) is 16.7 Å². The maximum Gasteiger partial charge on any atom is 0.238 e. The van der Waals surface area contributed by atoms with Gasteiger partial charge >= 0.3 is 0 Å². The van der Waals surface area contributed by atoms with Gasteiger partial charge in [-0.05, 0) is 59.7 Å². The fourth-order valence-electron chi connectivity index (χ4n) is 4.14. The highest BCUT2D eigenvalue weighted by Crippen LogP contribution is 2.42. The van der Waals surface area contributed by atoms with Crippen molar-refractivity contribution in [3.8, 4) is 17.2 Å². The van der Waals surface area contributed by atoms with Crippen LogP contribution in [-0.4, -0.2) is 15.8 Å². The summed E-state index contributed by atoms with van der Waals surface area (Å²) in [7, 11) is 0. The lowest BCUT2D eigenvalue weighted by molar-refractivity contribution is 0.0678. The zero-order valence-corrected chi connectivity index (χ0v) is 21.7. The number of fused-ring (bicyclic) bond motifs is 1. The highest BCUT2D eigenvalue weighted by Gasteiger charge is 2.32. The number of ether oxygens (including phenoxy) is 2. The van der Waals surface area contributed by atoms with Gasteiger partial charge in [-0.25, -0.2) is 9.37 Å². The molecule has 2 heterocycles. The van der Waals surface area contributed by atoms with Crippen LogP contribution in [0.1, 0.15) is 37.6 Å². The number of thioether (sulfide) groups is 1. The molecule has 1 unspecified atom stereocenters. The molecule has 5 rings (SSSR count). The molecule has 0 bridgehead atoms. The second kappa shape index (κ2) is 9.41. The first kappa shape index (κ1) is 24.0. The smallest absolute Gasteiger partial charge is 0.238 e. The van der Waals surface area contributed by atoms with E-state index in [1.807, 2.05) is 49.5 Å². The average molecular weight is 529 g/mol. The Bertz CT molecular complexity index is 1370. The molecule has 0 radical (unpaired) electrons. The largest absolute Gasteiger partial charge is 0.451 e. The molecular formula is C27H23Cl2FN2O2S. The second-order valence-corrected chi connectivity index (χ2v) is 10.6. The minimum atomic E-state index is -0.452. The van der Waals surface area contributed by atoms with Gasteiger partial charge in [0.1, 0.15) is 5.82 Å². The number of imidazole rings is 1. The molecule has 0 saturated carbocycles. The zero-order chi connectivity index (χ0) is 24.7. The van der Waals surface area contributed by atoms with Gasteiger partial charge in [-0.1, -0.05) is 60.9 Å². The Morgan fingerprint density at radius 3 is 2.40 bits per heavy atom. The van der Waals surface area contributed by atoms with E-state index in [4.69, 9.17) is 37.7 Å². The van der Waals surface area contributed by atoms with E-state index in [0.717, 1.165) is 39.2 Å². The van der Waals surface area contributed by atoms with Crippen molar-refractivity contribution < 1.29 is 13.9 Å². The van der Waals surface area contributed by atoms with Crippen molar-refractivity contribution in [1.29, 1.82) is 0 Å². The first-order chi connectivity index (χ1) is 16.7. The third-order valence-electron chi connectivity index (χ3n) is 6.11. The molecule has 4 aromatic rings. The summed E-state index contributed by atoms with van der Waals surface area (Å²) in [6.07, 6.45) is 1.56. The van der Waals surface area contributed by atoms with Gasteiger partial charge in [0, 0.05) is 33.8 Å². The normalized spacial score (nSPS) is 15.0. The van der Waals surface area contributed by atoms with Gasteiger partial charge in [0.05, 0.1) is 11.9 Å². The summed E-state index contributed by atoms with van der Waals surface area (Å²) in [6.45, 7) is 6.12. The zero-order valence-electron chi connectivity index (χ0n) is 19.4. The molecule has 0 spiro atoms. The van der Waals surface area contributed by atoms with E-state index in [1.54, 1.807) is 12.1 Å². The number of aromatic nitrogens is 2.